The van der Waals surface area contributed by atoms with Crippen LogP contribution in [0.3, 0.4) is 0 Å². The number of methoxy groups -OCH3 is 1. The van der Waals surface area contributed by atoms with Gasteiger partial charge in [-0.1, -0.05) is 35.9 Å². The van der Waals surface area contributed by atoms with Gasteiger partial charge < -0.3 is 8.92 Å². The van der Waals surface area contributed by atoms with Crippen LogP contribution >= 0.6 is 0 Å². The van der Waals surface area contributed by atoms with Gasteiger partial charge in [-0.25, -0.2) is 8.42 Å². The lowest BCUT2D eigenvalue weighted by Crippen LogP contribution is -2.33. The summed E-state index contributed by atoms with van der Waals surface area (Å²) in [6.07, 6.45) is -4.72. The number of hydrogen-bond acceptors (Lipinski definition) is 6. The first kappa shape index (κ1) is 27.7. The summed E-state index contributed by atoms with van der Waals surface area (Å²) >= 11 is 0. The normalized spacial score (nSPS) is 12.6. The van der Waals surface area contributed by atoms with Crippen molar-refractivity contribution in [2.75, 3.05) is 20.3 Å². The molecule has 7 nitrogen and oxygen atoms in total. The lowest BCUT2D eigenvalue weighted by atomic mass is 10.2. The van der Waals surface area contributed by atoms with Gasteiger partial charge in [0.25, 0.3) is 0 Å². The third-order valence-corrected chi connectivity index (χ3v) is 8.22. The smallest absolute Gasteiger partial charge is 0.383 e. The lowest BCUT2D eigenvalue weighted by Gasteiger charge is -2.22. The van der Waals surface area contributed by atoms with Gasteiger partial charge in [0, 0.05) is 20.2 Å². The third kappa shape index (κ3) is 6.84. The predicted molar refractivity (Wildman–Crippen MR) is 126 cm³/mol. The van der Waals surface area contributed by atoms with Crippen molar-refractivity contribution in [3.63, 3.8) is 0 Å². The summed E-state index contributed by atoms with van der Waals surface area (Å²) in [7, 11) is -7.06. The van der Waals surface area contributed by atoms with Gasteiger partial charge in [0.05, 0.1) is 17.1 Å². The molecule has 0 unspecified atom stereocenters. The molecule has 0 amide bonds. The lowest BCUT2D eigenvalue weighted by molar-refractivity contribution is -0.137. The predicted octanol–water partition coefficient (Wildman–Crippen LogP) is 4.62. The Bertz CT molecular complexity index is 1410. The van der Waals surface area contributed by atoms with Crippen molar-refractivity contribution >= 4 is 20.1 Å². The van der Waals surface area contributed by atoms with Gasteiger partial charge in [-0.15, -0.1) is 0 Å². The molecule has 12 heteroatoms. The van der Waals surface area contributed by atoms with Crippen LogP contribution < -0.4 is 4.18 Å². The fourth-order valence-corrected chi connectivity index (χ4v) is 5.62. The highest BCUT2D eigenvalue weighted by atomic mass is 32.2. The van der Waals surface area contributed by atoms with E-state index in [1.807, 2.05) is 6.92 Å². The molecular weight excluding hydrogens is 519 g/mol. The van der Waals surface area contributed by atoms with Gasteiger partial charge >= 0.3 is 16.3 Å². The van der Waals surface area contributed by atoms with Crippen molar-refractivity contribution in [1.82, 2.24) is 4.31 Å². The number of benzene rings is 3. The Morgan fingerprint density at radius 3 is 2.17 bits per heavy atom. The molecule has 0 aromatic heterocycles. The van der Waals surface area contributed by atoms with Crippen LogP contribution in [0.5, 0.6) is 5.75 Å². The maximum Gasteiger partial charge on any atom is 0.416 e. The molecular formula is C24H24F3NO6S2. The number of aryl methyl sites for hydroxylation is 1. The Balaban J connectivity index is 1.86. The summed E-state index contributed by atoms with van der Waals surface area (Å²) in [4.78, 5) is -0.574. The average molecular weight is 544 g/mol. The van der Waals surface area contributed by atoms with Crippen LogP contribution in [0, 0.1) is 6.92 Å². The van der Waals surface area contributed by atoms with Crippen LogP contribution in [0.1, 0.15) is 16.7 Å². The van der Waals surface area contributed by atoms with E-state index < -0.39 is 36.8 Å². The molecule has 0 N–H and O–H groups in total. The molecule has 0 saturated carbocycles. The summed E-state index contributed by atoms with van der Waals surface area (Å²) in [5.41, 5.74) is 0.166. The van der Waals surface area contributed by atoms with Crippen LogP contribution in [-0.4, -0.2) is 41.4 Å². The number of halogens is 3. The summed E-state index contributed by atoms with van der Waals surface area (Å²) in [5, 5.41) is 0. The van der Waals surface area contributed by atoms with Crippen molar-refractivity contribution < 1.29 is 38.9 Å². The molecule has 3 rings (SSSR count). The second-order valence-electron chi connectivity index (χ2n) is 7.85. The Kier molecular flexibility index (Phi) is 8.44. The van der Waals surface area contributed by atoms with E-state index in [4.69, 9.17) is 8.92 Å². The monoisotopic (exact) mass is 543 g/mol. The van der Waals surface area contributed by atoms with Gasteiger partial charge in [0.15, 0.2) is 0 Å². The van der Waals surface area contributed by atoms with E-state index in [1.165, 1.54) is 41.7 Å². The van der Waals surface area contributed by atoms with E-state index in [1.54, 1.807) is 18.2 Å². The summed E-state index contributed by atoms with van der Waals surface area (Å²) in [6, 6.07) is 15.2. The van der Waals surface area contributed by atoms with E-state index in [0.717, 1.165) is 23.8 Å². The Morgan fingerprint density at radius 1 is 0.861 bits per heavy atom. The Hall–Kier alpha value is -2.93. The van der Waals surface area contributed by atoms with E-state index in [0.29, 0.717) is 11.6 Å². The summed E-state index contributed by atoms with van der Waals surface area (Å²) < 4.78 is 102. The van der Waals surface area contributed by atoms with Gasteiger partial charge in [0.2, 0.25) is 10.0 Å². The van der Waals surface area contributed by atoms with Gasteiger partial charge in [0.1, 0.15) is 10.6 Å². The Morgan fingerprint density at radius 2 is 1.53 bits per heavy atom. The SMILES string of the molecule is COCCN(Cc1cccc(OS(=O)(=O)c2cccc(C(F)(F)F)c2)c1)S(=O)(=O)c1ccc(C)cc1. The fraction of sp³-hybridized carbons (Fsp3) is 0.250. The van der Waals surface area contributed by atoms with Crippen LogP contribution in [0.4, 0.5) is 13.2 Å². The number of sulfonamides is 1. The van der Waals surface area contributed by atoms with Crippen molar-refractivity contribution in [3.05, 3.63) is 89.5 Å². The molecule has 0 heterocycles. The van der Waals surface area contributed by atoms with Crippen LogP contribution in [-0.2, 0) is 37.6 Å². The molecule has 0 aliphatic heterocycles. The number of nitrogens with zero attached hydrogens (tertiary/aromatic N) is 1. The highest BCUT2D eigenvalue weighted by Gasteiger charge is 2.32. The number of rotatable bonds is 10. The summed E-state index contributed by atoms with van der Waals surface area (Å²) in [6.45, 7) is 1.85. The van der Waals surface area contributed by atoms with Gasteiger partial charge in [-0.05, 0) is 55.0 Å². The first-order valence-electron chi connectivity index (χ1n) is 10.6. The highest BCUT2D eigenvalue weighted by molar-refractivity contribution is 7.89. The minimum Gasteiger partial charge on any atom is -0.383 e. The Labute approximate surface area is 208 Å². The van der Waals surface area contributed by atoms with Gasteiger partial charge in [-0.3, -0.25) is 0 Å². The quantitative estimate of drug-likeness (QED) is 0.347. The van der Waals surface area contributed by atoms with Crippen LogP contribution in [0.15, 0.2) is 82.6 Å². The molecule has 0 spiro atoms. The molecule has 0 atom stereocenters. The van der Waals surface area contributed by atoms with E-state index in [-0.39, 0.29) is 30.3 Å². The standard InChI is InChI=1S/C24H24F3NO6S2/c1-18-9-11-22(12-10-18)35(29,30)28(13-14-33-2)17-19-5-3-7-21(15-19)34-36(31,32)23-8-4-6-20(16-23)24(25,26)27/h3-12,15-16H,13-14,17H2,1-2H3. The molecule has 194 valence electrons. The van der Waals surface area contributed by atoms with E-state index in [9.17, 15) is 30.0 Å². The van der Waals surface area contributed by atoms with Gasteiger partial charge in [-0.2, -0.15) is 25.9 Å². The zero-order valence-electron chi connectivity index (χ0n) is 19.4. The van der Waals surface area contributed by atoms with Crippen molar-refractivity contribution in [1.29, 1.82) is 0 Å². The topological polar surface area (TPSA) is 90.0 Å². The van der Waals surface area contributed by atoms with Crippen LogP contribution in [0.25, 0.3) is 0 Å². The van der Waals surface area contributed by atoms with E-state index >= 15 is 0 Å². The molecule has 0 aliphatic carbocycles. The highest BCUT2D eigenvalue weighted by Crippen LogP contribution is 2.31. The molecule has 3 aromatic carbocycles. The van der Waals surface area contributed by atoms with Crippen molar-refractivity contribution in [2.24, 2.45) is 0 Å². The van der Waals surface area contributed by atoms with Crippen LogP contribution in [0.2, 0.25) is 0 Å². The molecule has 0 radical (unpaired) electrons. The number of ether oxygens (including phenoxy) is 1. The minimum absolute atomic E-state index is 0.0281. The molecule has 0 bridgehead atoms. The molecule has 0 aliphatic rings. The number of hydrogen-bond donors (Lipinski definition) is 0. The molecule has 3 aromatic rings. The largest absolute Gasteiger partial charge is 0.416 e. The average Bonchev–Trinajstić information content (AvgIpc) is 2.81. The zero-order valence-corrected chi connectivity index (χ0v) is 21.0. The zero-order chi connectivity index (χ0) is 26.6. The third-order valence-electron chi connectivity index (χ3n) is 5.12. The van der Waals surface area contributed by atoms with E-state index in [2.05, 4.69) is 0 Å². The molecule has 0 saturated heterocycles. The fourth-order valence-electron chi connectivity index (χ4n) is 3.24. The maximum atomic E-state index is 13.2. The first-order chi connectivity index (χ1) is 16.8. The second-order valence-corrected chi connectivity index (χ2v) is 11.3. The number of alkyl halides is 3. The molecule has 36 heavy (non-hydrogen) atoms. The summed E-state index contributed by atoms with van der Waals surface area (Å²) in [5.74, 6) is -0.177. The molecule has 0 fully saturated rings. The minimum atomic E-state index is -4.72. The first-order valence-corrected chi connectivity index (χ1v) is 13.4. The second kappa shape index (κ2) is 11.0. The van der Waals surface area contributed by atoms with Crippen molar-refractivity contribution in [3.8, 4) is 5.75 Å². The van der Waals surface area contributed by atoms with Crippen molar-refractivity contribution in [2.45, 2.75) is 29.4 Å². The maximum absolute atomic E-state index is 13.2.